The molecule has 1 unspecified atom stereocenters. The van der Waals surface area contributed by atoms with Gasteiger partial charge in [-0.3, -0.25) is 0 Å². The molecule has 2 nitrogen and oxygen atoms in total. The summed E-state index contributed by atoms with van der Waals surface area (Å²) in [5, 5.41) is 13.6. The van der Waals surface area contributed by atoms with Crippen LogP contribution < -0.4 is 10.6 Å². The van der Waals surface area contributed by atoms with Crippen molar-refractivity contribution in [2.24, 2.45) is 0 Å². The van der Waals surface area contributed by atoms with Crippen molar-refractivity contribution in [3.63, 3.8) is 0 Å². The molecule has 3 aromatic carbocycles. The summed E-state index contributed by atoms with van der Waals surface area (Å²) >= 11 is 1.81. The average molecular weight is 373 g/mol. The summed E-state index contributed by atoms with van der Waals surface area (Å²) in [5.41, 5.74) is 2.71. The first-order valence-electron chi connectivity index (χ1n) is 9.79. The molecule has 2 N–H and O–H groups in total. The Hall–Kier alpha value is -2.20. The minimum Gasteiger partial charge on any atom is -0.317 e. The van der Waals surface area contributed by atoms with E-state index in [4.69, 9.17) is 0 Å². The Morgan fingerprint density at radius 2 is 1.56 bits per heavy atom. The maximum atomic E-state index is 3.97. The van der Waals surface area contributed by atoms with E-state index in [1.165, 1.54) is 44.8 Å². The summed E-state index contributed by atoms with van der Waals surface area (Å²) in [6.45, 7) is 2.21. The lowest BCUT2D eigenvalue weighted by atomic mass is 9.93. The third kappa shape index (κ3) is 3.51. The molecule has 1 aromatic heterocycles. The lowest BCUT2D eigenvalue weighted by Gasteiger charge is -2.30. The van der Waals surface area contributed by atoms with E-state index in [-0.39, 0.29) is 6.04 Å². The highest BCUT2D eigenvalue weighted by molar-refractivity contribution is 7.17. The zero-order chi connectivity index (χ0) is 18.1. The fourth-order valence-corrected chi connectivity index (χ4v) is 4.93. The third-order valence-corrected chi connectivity index (χ3v) is 6.56. The highest BCUT2D eigenvalue weighted by Gasteiger charge is 2.21. The van der Waals surface area contributed by atoms with Gasteiger partial charge < -0.3 is 10.6 Å². The van der Waals surface area contributed by atoms with Crippen molar-refractivity contribution in [3.05, 3.63) is 83.2 Å². The van der Waals surface area contributed by atoms with E-state index >= 15 is 0 Å². The third-order valence-electron chi connectivity index (χ3n) is 5.66. The first-order valence-corrected chi connectivity index (χ1v) is 10.7. The average Bonchev–Trinajstić information content (AvgIpc) is 3.20. The second-order valence-electron chi connectivity index (χ2n) is 7.45. The van der Waals surface area contributed by atoms with E-state index in [0.29, 0.717) is 6.04 Å². The number of benzene rings is 3. The Kier molecular flexibility index (Phi) is 4.66. The molecule has 0 spiro atoms. The van der Waals surface area contributed by atoms with E-state index in [9.17, 15) is 0 Å². The molecule has 1 aliphatic heterocycles. The standard InChI is InChI=1S/C24H24N2S/c1-2-4-18-15-20(6-5-17(18)3-1)24(26-22-9-12-25-13-10-22)21-7-8-23-19(16-21)11-14-27-23/h1-8,11,14-16,22,24-26H,9-10,12-13H2. The van der Waals surface area contributed by atoms with Crippen molar-refractivity contribution < 1.29 is 0 Å². The van der Waals surface area contributed by atoms with Crippen LogP contribution in [0.1, 0.15) is 30.0 Å². The molecule has 0 amide bonds. The van der Waals surface area contributed by atoms with Gasteiger partial charge in [-0.05, 0) is 82.9 Å². The van der Waals surface area contributed by atoms with Crippen LogP contribution in [0.2, 0.25) is 0 Å². The molecule has 2 heterocycles. The van der Waals surface area contributed by atoms with Crippen LogP contribution in [-0.2, 0) is 0 Å². The summed E-state index contributed by atoms with van der Waals surface area (Å²) in [6, 6.07) is 25.5. The zero-order valence-corrected chi connectivity index (χ0v) is 16.1. The summed E-state index contributed by atoms with van der Waals surface area (Å²) in [4.78, 5) is 0. The molecule has 0 radical (unpaired) electrons. The van der Waals surface area contributed by atoms with Crippen molar-refractivity contribution in [1.29, 1.82) is 0 Å². The van der Waals surface area contributed by atoms with Gasteiger partial charge in [0.05, 0.1) is 6.04 Å². The quantitative estimate of drug-likeness (QED) is 0.495. The number of hydrogen-bond acceptors (Lipinski definition) is 3. The molecule has 1 saturated heterocycles. The van der Waals surface area contributed by atoms with Gasteiger partial charge in [-0.1, -0.05) is 42.5 Å². The predicted molar refractivity (Wildman–Crippen MR) is 117 cm³/mol. The summed E-state index contributed by atoms with van der Waals surface area (Å²) < 4.78 is 1.36. The summed E-state index contributed by atoms with van der Waals surface area (Å²) in [6.07, 6.45) is 2.37. The molecule has 0 aliphatic carbocycles. The van der Waals surface area contributed by atoms with E-state index in [2.05, 4.69) is 82.7 Å². The summed E-state index contributed by atoms with van der Waals surface area (Å²) in [7, 11) is 0. The SMILES string of the molecule is c1ccc2cc(C(NC3CCNCC3)c3ccc4sccc4c3)ccc2c1. The van der Waals surface area contributed by atoms with Gasteiger partial charge in [-0.15, -0.1) is 11.3 Å². The highest BCUT2D eigenvalue weighted by atomic mass is 32.1. The molecule has 1 atom stereocenters. The number of fused-ring (bicyclic) bond motifs is 2. The Bertz CT molecular complexity index is 1060. The monoisotopic (exact) mass is 372 g/mol. The van der Waals surface area contributed by atoms with Crippen LogP contribution in [0.5, 0.6) is 0 Å². The maximum Gasteiger partial charge on any atom is 0.0579 e. The lowest BCUT2D eigenvalue weighted by Crippen LogP contribution is -2.41. The molecule has 5 rings (SSSR count). The van der Waals surface area contributed by atoms with Gasteiger partial charge in [-0.2, -0.15) is 0 Å². The van der Waals surface area contributed by atoms with Crippen molar-refractivity contribution in [1.82, 2.24) is 10.6 Å². The number of rotatable bonds is 4. The minimum absolute atomic E-state index is 0.224. The second-order valence-corrected chi connectivity index (χ2v) is 8.40. The largest absolute Gasteiger partial charge is 0.317 e. The first kappa shape index (κ1) is 16.9. The fraction of sp³-hybridized carbons (Fsp3) is 0.250. The maximum absolute atomic E-state index is 3.97. The number of hydrogen-bond donors (Lipinski definition) is 2. The first-order chi connectivity index (χ1) is 13.4. The van der Waals surface area contributed by atoms with Crippen LogP contribution in [-0.4, -0.2) is 19.1 Å². The predicted octanol–water partition coefficient (Wildman–Crippen LogP) is 5.49. The highest BCUT2D eigenvalue weighted by Crippen LogP contribution is 2.30. The van der Waals surface area contributed by atoms with Crippen molar-refractivity contribution in [2.75, 3.05) is 13.1 Å². The smallest absolute Gasteiger partial charge is 0.0579 e. The van der Waals surface area contributed by atoms with Crippen molar-refractivity contribution in [2.45, 2.75) is 24.9 Å². The number of piperidine rings is 1. The van der Waals surface area contributed by atoms with Gasteiger partial charge in [0.1, 0.15) is 0 Å². The van der Waals surface area contributed by atoms with Gasteiger partial charge in [0.15, 0.2) is 0 Å². The molecule has 136 valence electrons. The van der Waals surface area contributed by atoms with Crippen LogP contribution in [0, 0.1) is 0 Å². The van der Waals surface area contributed by atoms with Gasteiger partial charge in [-0.25, -0.2) is 0 Å². The second kappa shape index (κ2) is 7.43. The lowest BCUT2D eigenvalue weighted by molar-refractivity contribution is 0.367. The van der Waals surface area contributed by atoms with Gasteiger partial charge in [0.2, 0.25) is 0 Å². The fourth-order valence-electron chi connectivity index (χ4n) is 4.16. The minimum atomic E-state index is 0.224. The van der Waals surface area contributed by atoms with Crippen LogP contribution in [0.4, 0.5) is 0 Å². The Labute approximate surface area is 164 Å². The zero-order valence-electron chi connectivity index (χ0n) is 15.3. The Morgan fingerprint density at radius 1 is 0.815 bits per heavy atom. The van der Waals surface area contributed by atoms with Gasteiger partial charge >= 0.3 is 0 Å². The van der Waals surface area contributed by atoms with Crippen LogP contribution >= 0.6 is 11.3 Å². The molecular formula is C24H24N2S. The van der Waals surface area contributed by atoms with E-state index in [1.807, 2.05) is 11.3 Å². The molecule has 3 heteroatoms. The Morgan fingerprint density at radius 3 is 2.41 bits per heavy atom. The van der Waals surface area contributed by atoms with E-state index < -0.39 is 0 Å². The molecule has 1 aliphatic rings. The number of nitrogens with one attached hydrogen (secondary N) is 2. The molecule has 1 fully saturated rings. The van der Waals surface area contributed by atoms with E-state index in [0.717, 1.165) is 13.1 Å². The van der Waals surface area contributed by atoms with Crippen molar-refractivity contribution in [3.8, 4) is 0 Å². The van der Waals surface area contributed by atoms with Crippen LogP contribution in [0.25, 0.3) is 20.9 Å². The topological polar surface area (TPSA) is 24.1 Å². The van der Waals surface area contributed by atoms with Crippen LogP contribution in [0.3, 0.4) is 0 Å². The van der Waals surface area contributed by atoms with Crippen LogP contribution in [0.15, 0.2) is 72.1 Å². The van der Waals surface area contributed by atoms with Crippen molar-refractivity contribution >= 4 is 32.2 Å². The summed E-state index contributed by atoms with van der Waals surface area (Å²) in [5.74, 6) is 0. The van der Waals surface area contributed by atoms with Gasteiger partial charge in [0, 0.05) is 10.7 Å². The number of thiophene rings is 1. The normalized spacial score (nSPS) is 16.7. The molecule has 0 saturated carbocycles. The molecule has 0 bridgehead atoms. The van der Waals surface area contributed by atoms with Gasteiger partial charge in [0.25, 0.3) is 0 Å². The molecule has 4 aromatic rings. The van der Waals surface area contributed by atoms with E-state index in [1.54, 1.807) is 0 Å². The Balaban J connectivity index is 1.56. The molecule has 27 heavy (non-hydrogen) atoms. The molecular weight excluding hydrogens is 348 g/mol.